The fourth-order valence-corrected chi connectivity index (χ4v) is 1.57. The fourth-order valence-electron chi connectivity index (χ4n) is 1.57. The molecule has 0 aliphatic carbocycles. The number of anilines is 1. The van der Waals surface area contributed by atoms with E-state index < -0.39 is 0 Å². The Bertz CT molecular complexity index is 350. The molecular formula is C14H22N2O. The first-order chi connectivity index (χ1) is 8.22. The van der Waals surface area contributed by atoms with Gasteiger partial charge in [-0.3, -0.25) is 4.79 Å². The van der Waals surface area contributed by atoms with Crippen molar-refractivity contribution in [1.82, 2.24) is 5.32 Å². The third kappa shape index (κ3) is 5.95. The Hall–Kier alpha value is -1.51. The van der Waals surface area contributed by atoms with Gasteiger partial charge in [0.2, 0.25) is 5.91 Å². The predicted octanol–water partition coefficient (Wildman–Crippen LogP) is 2.71. The molecule has 94 valence electrons. The van der Waals surface area contributed by atoms with E-state index in [-0.39, 0.29) is 5.91 Å². The number of hydrogen-bond acceptors (Lipinski definition) is 2. The topological polar surface area (TPSA) is 41.1 Å². The van der Waals surface area contributed by atoms with E-state index in [1.165, 1.54) is 5.56 Å². The molecule has 3 heteroatoms. The monoisotopic (exact) mass is 234 g/mol. The molecular weight excluding hydrogens is 212 g/mol. The summed E-state index contributed by atoms with van der Waals surface area (Å²) in [6, 6.07) is 8.17. The molecule has 0 saturated heterocycles. The summed E-state index contributed by atoms with van der Waals surface area (Å²) in [5.74, 6) is 0.124. The molecule has 1 rings (SSSR count). The van der Waals surface area contributed by atoms with Gasteiger partial charge < -0.3 is 10.6 Å². The van der Waals surface area contributed by atoms with E-state index in [4.69, 9.17) is 0 Å². The molecule has 0 aromatic heterocycles. The van der Waals surface area contributed by atoms with Crippen LogP contribution in [0.2, 0.25) is 0 Å². The zero-order valence-corrected chi connectivity index (χ0v) is 10.8. The van der Waals surface area contributed by atoms with Crippen LogP contribution in [0, 0.1) is 6.92 Å². The molecule has 0 radical (unpaired) electrons. The highest BCUT2D eigenvalue weighted by Gasteiger charge is 1.99. The van der Waals surface area contributed by atoms with Crippen molar-refractivity contribution in [3.63, 3.8) is 0 Å². The van der Waals surface area contributed by atoms with E-state index in [9.17, 15) is 4.79 Å². The molecule has 1 aromatic carbocycles. The maximum Gasteiger partial charge on any atom is 0.221 e. The number of amides is 1. The van der Waals surface area contributed by atoms with Crippen LogP contribution in [-0.4, -0.2) is 19.0 Å². The third-order valence-electron chi connectivity index (χ3n) is 2.55. The molecule has 0 aliphatic rings. The smallest absolute Gasteiger partial charge is 0.221 e. The van der Waals surface area contributed by atoms with Crippen LogP contribution in [0.15, 0.2) is 24.3 Å². The van der Waals surface area contributed by atoms with Gasteiger partial charge >= 0.3 is 0 Å². The Kier molecular flexibility index (Phi) is 6.15. The number of nitrogens with one attached hydrogen (secondary N) is 2. The number of carbonyl (C=O) groups excluding carboxylic acids is 1. The van der Waals surface area contributed by atoms with Gasteiger partial charge in [0.1, 0.15) is 0 Å². The quantitative estimate of drug-likeness (QED) is 0.712. The molecule has 0 heterocycles. The molecule has 3 nitrogen and oxygen atoms in total. The summed E-state index contributed by atoms with van der Waals surface area (Å²) < 4.78 is 0. The Morgan fingerprint density at radius 2 is 2.12 bits per heavy atom. The summed E-state index contributed by atoms with van der Waals surface area (Å²) in [6.07, 6.45) is 2.69. The molecule has 0 spiro atoms. The van der Waals surface area contributed by atoms with Crippen molar-refractivity contribution in [2.45, 2.75) is 33.1 Å². The number of carbonyl (C=O) groups is 1. The van der Waals surface area contributed by atoms with Crippen LogP contribution in [0.3, 0.4) is 0 Å². The normalized spacial score (nSPS) is 10.0. The van der Waals surface area contributed by atoms with Crippen molar-refractivity contribution in [2.75, 3.05) is 18.4 Å². The molecule has 0 bridgehead atoms. The minimum absolute atomic E-state index is 0.124. The number of benzene rings is 1. The lowest BCUT2D eigenvalue weighted by Crippen LogP contribution is -2.26. The number of unbranched alkanes of at least 4 members (excludes halogenated alkanes) is 1. The summed E-state index contributed by atoms with van der Waals surface area (Å²) in [4.78, 5) is 11.4. The maximum atomic E-state index is 11.4. The highest BCUT2D eigenvalue weighted by molar-refractivity contribution is 5.76. The average Bonchev–Trinajstić information content (AvgIpc) is 2.29. The molecule has 0 aliphatic heterocycles. The lowest BCUT2D eigenvalue weighted by molar-refractivity contribution is -0.120. The van der Waals surface area contributed by atoms with Gasteiger partial charge in [0, 0.05) is 25.2 Å². The first-order valence-corrected chi connectivity index (χ1v) is 6.29. The van der Waals surface area contributed by atoms with Gasteiger partial charge in [0.05, 0.1) is 0 Å². The standard InChI is InChI=1S/C14H22N2O/c1-3-4-9-16-14(17)8-10-15-13-7-5-6-12(2)11-13/h5-7,11,15H,3-4,8-10H2,1-2H3,(H,16,17). The van der Waals surface area contributed by atoms with Gasteiger partial charge in [-0.15, -0.1) is 0 Å². The molecule has 1 aromatic rings. The molecule has 0 atom stereocenters. The number of aryl methyl sites for hydroxylation is 1. The second kappa shape index (κ2) is 7.71. The van der Waals surface area contributed by atoms with Crippen LogP contribution in [-0.2, 0) is 4.79 Å². The summed E-state index contributed by atoms with van der Waals surface area (Å²) in [5, 5.41) is 6.15. The van der Waals surface area contributed by atoms with Gasteiger partial charge in [0.25, 0.3) is 0 Å². The summed E-state index contributed by atoms with van der Waals surface area (Å²) in [5.41, 5.74) is 2.30. The van der Waals surface area contributed by atoms with Crippen LogP contribution < -0.4 is 10.6 Å². The molecule has 0 saturated carbocycles. The maximum absolute atomic E-state index is 11.4. The Balaban J connectivity index is 2.17. The summed E-state index contributed by atoms with van der Waals surface area (Å²) in [6.45, 7) is 5.65. The van der Waals surface area contributed by atoms with E-state index in [1.807, 2.05) is 12.1 Å². The molecule has 1 amide bonds. The van der Waals surface area contributed by atoms with E-state index >= 15 is 0 Å². The van der Waals surface area contributed by atoms with E-state index in [1.54, 1.807) is 0 Å². The van der Waals surface area contributed by atoms with Gasteiger partial charge in [-0.05, 0) is 31.0 Å². The van der Waals surface area contributed by atoms with Gasteiger partial charge in [0.15, 0.2) is 0 Å². The summed E-state index contributed by atoms with van der Waals surface area (Å²) >= 11 is 0. The van der Waals surface area contributed by atoms with Crippen LogP contribution in [0.25, 0.3) is 0 Å². The van der Waals surface area contributed by atoms with Gasteiger partial charge in [-0.2, -0.15) is 0 Å². The Morgan fingerprint density at radius 3 is 2.82 bits per heavy atom. The minimum atomic E-state index is 0.124. The van der Waals surface area contributed by atoms with Crippen LogP contribution in [0.5, 0.6) is 0 Å². The van der Waals surface area contributed by atoms with E-state index in [0.717, 1.165) is 25.1 Å². The highest BCUT2D eigenvalue weighted by atomic mass is 16.1. The lowest BCUT2D eigenvalue weighted by Gasteiger charge is -2.07. The van der Waals surface area contributed by atoms with Crippen molar-refractivity contribution in [2.24, 2.45) is 0 Å². The van der Waals surface area contributed by atoms with Crippen molar-refractivity contribution >= 4 is 11.6 Å². The van der Waals surface area contributed by atoms with Crippen molar-refractivity contribution < 1.29 is 4.79 Å². The largest absolute Gasteiger partial charge is 0.385 e. The van der Waals surface area contributed by atoms with Crippen LogP contribution in [0.1, 0.15) is 31.7 Å². The minimum Gasteiger partial charge on any atom is -0.385 e. The average molecular weight is 234 g/mol. The third-order valence-corrected chi connectivity index (χ3v) is 2.55. The molecule has 0 unspecified atom stereocenters. The number of hydrogen-bond donors (Lipinski definition) is 2. The van der Waals surface area contributed by atoms with E-state index in [2.05, 4.69) is 36.6 Å². The Morgan fingerprint density at radius 1 is 1.29 bits per heavy atom. The molecule has 17 heavy (non-hydrogen) atoms. The van der Waals surface area contributed by atoms with Crippen LogP contribution in [0.4, 0.5) is 5.69 Å². The summed E-state index contributed by atoms with van der Waals surface area (Å²) in [7, 11) is 0. The first-order valence-electron chi connectivity index (χ1n) is 6.29. The zero-order chi connectivity index (χ0) is 12.5. The van der Waals surface area contributed by atoms with Crippen molar-refractivity contribution in [3.8, 4) is 0 Å². The SMILES string of the molecule is CCCCNC(=O)CCNc1cccc(C)c1. The molecule has 2 N–H and O–H groups in total. The van der Waals surface area contributed by atoms with Crippen molar-refractivity contribution in [3.05, 3.63) is 29.8 Å². The van der Waals surface area contributed by atoms with E-state index in [0.29, 0.717) is 13.0 Å². The predicted molar refractivity (Wildman–Crippen MR) is 72.2 cm³/mol. The first kappa shape index (κ1) is 13.6. The lowest BCUT2D eigenvalue weighted by atomic mass is 10.2. The second-order valence-electron chi connectivity index (χ2n) is 4.25. The highest BCUT2D eigenvalue weighted by Crippen LogP contribution is 2.08. The Labute approximate surface area is 104 Å². The van der Waals surface area contributed by atoms with Gasteiger partial charge in [-0.25, -0.2) is 0 Å². The van der Waals surface area contributed by atoms with Crippen LogP contribution >= 0.6 is 0 Å². The fraction of sp³-hybridized carbons (Fsp3) is 0.500. The molecule has 0 fully saturated rings. The van der Waals surface area contributed by atoms with Crippen molar-refractivity contribution in [1.29, 1.82) is 0 Å². The number of rotatable bonds is 7. The zero-order valence-electron chi connectivity index (χ0n) is 10.8. The second-order valence-corrected chi connectivity index (χ2v) is 4.25. The van der Waals surface area contributed by atoms with Gasteiger partial charge in [-0.1, -0.05) is 25.5 Å².